The monoisotopic (exact) mass is 629 g/mol. The predicted molar refractivity (Wildman–Crippen MR) is 153 cm³/mol. The maximum absolute atomic E-state index is 11.7. The minimum Gasteiger partial charge on any atom is -0.793 e. The predicted octanol–water partition coefficient (Wildman–Crippen LogP) is 7.89. The van der Waals surface area contributed by atoms with Gasteiger partial charge in [-0.3, -0.25) is 0 Å². The Hall–Kier alpha value is 2.36. The van der Waals surface area contributed by atoms with Crippen molar-refractivity contribution in [3.8, 4) is 0 Å². The molecule has 0 aromatic carbocycles. The quantitative estimate of drug-likeness (QED) is 0.0861. The summed E-state index contributed by atoms with van der Waals surface area (Å²) in [6.45, 7) is 17.9. The number of rotatable bonds is 18. The van der Waals surface area contributed by atoms with E-state index in [9.17, 15) is 9.79 Å². The van der Waals surface area contributed by atoms with Crippen LogP contribution in [0.1, 0.15) is 107 Å². The first-order chi connectivity index (χ1) is 14.7. The van der Waals surface area contributed by atoms with Gasteiger partial charge in [-0.2, -0.15) is 0 Å². The second-order valence-corrected chi connectivity index (χ2v) is 22.4. The van der Waals surface area contributed by atoms with Gasteiger partial charge in [-0.25, -0.2) is 0 Å². The van der Waals surface area contributed by atoms with Crippen molar-refractivity contribution in [3.63, 3.8) is 0 Å². The van der Waals surface area contributed by atoms with Crippen LogP contribution in [0.15, 0.2) is 0 Å². The van der Waals surface area contributed by atoms with E-state index < -0.39 is 11.4 Å². The van der Waals surface area contributed by atoms with Crippen molar-refractivity contribution in [1.29, 1.82) is 0 Å². The molecule has 1 radical (unpaired) electrons. The van der Waals surface area contributed by atoms with Gasteiger partial charge in [-0.05, 0) is 24.7 Å². The van der Waals surface area contributed by atoms with Crippen LogP contribution in [-0.2, 0) is 49.7 Å². The van der Waals surface area contributed by atoms with Gasteiger partial charge < -0.3 is 18.8 Å². The molecule has 0 saturated heterocycles. The van der Waals surface area contributed by atoms with Crippen molar-refractivity contribution in [3.05, 3.63) is 0 Å². The Labute approximate surface area is 234 Å². The number of unbranched alkanes of at least 4 members (excludes halogenated alkanes) is 4. The van der Waals surface area contributed by atoms with E-state index in [2.05, 4.69) is 27.7 Å². The SMILES string of the molecule is CC(C)CCCCCOP([O-])(=S)SC(C)C.CC(C)CCCCCOP([O-])(=S)SC(C)C.[Cu+2]. The van der Waals surface area contributed by atoms with Crippen molar-refractivity contribution >= 4 is 57.8 Å². The summed E-state index contributed by atoms with van der Waals surface area (Å²) in [7, 11) is 0. The number of hydrogen-bond acceptors (Lipinski definition) is 8. The molecule has 0 aliphatic heterocycles. The van der Waals surface area contributed by atoms with Crippen LogP contribution < -0.4 is 9.79 Å². The first kappa shape index (κ1) is 39.9. The summed E-state index contributed by atoms with van der Waals surface area (Å²) in [6.07, 6.45) is 9.16. The van der Waals surface area contributed by atoms with Gasteiger partial charge in [0.25, 0.3) is 0 Å². The Kier molecular flexibility index (Phi) is 28.4. The van der Waals surface area contributed by atoms with Gasteiger partial charge in [0.15, 0.2) is 0 Å². The smallest absolute Gasteiger partial charge is 0.793 e. The second-order valence-electron chi connectivity index (χ2n) is 9.36. The maximum atomic E-state index is 11.7. The summed E-state index contributed by atoms with van der Waals surface area (Å²) < 4.78 is 10.6. The summed E-state index contributed by atoms with van der Waals surface area (Å²) in [6, 6.07) is 0. The zero-order valence-corrected chi connectivity index (χ0v) is 27.8. The third-order valence-corrected chi connectivity index (χ3v) is 13.3. The fraction of sp³-hybridized carbons (Fsp3) is 1.00. The molecule has 205 valence electrons. The Morgan fingerprint density at radius 3 is 1.15 bits per heavy atom. The summed E-state index contributed by atoms with van der Waals surface area (Å²) in [5.74, 6) is 1.53. The van der Waals surface area contributed by atoms with Crippen LogP contribution in [0.3, 0.4) is 0 Å². The van der Waals surface area contributed by atoms with E-state index in [4.69, 9.17) is 32.7 Å². The van der Waals surface area contributed by atoms with E-state index in [1.165, 1.54) is 48.4 Å². The molecule has 0 heterocycles. The fourth-order valence-electron chi connectivity index (χ4n) is 2.59. The first-order valence-corrected chi connectivity index (χ1v) is 20.2. The van der Waals surface area contributed by atoms with Crippen LogP contribution in [-0.4, -0.2) is 23.7 Å². The average molecular weight is 630 g/mol. The summed E-state index contributed by atoms with van der Waals surface area (Å²) in [5, 5.41) is 0.536. The van der Waals surface area contributed by atoms with Crippen molar-refractivity contribution < 1.29 is 35.9 Å². The molecule has 0 saturated carbocycles. The average Bonchev–Trinajstić information content (AvgIpc) is 2.58. The van der Waals surface area contributed by atoms with E-state index >= 15 is 0 Å². The minimum absolute atomic E-state index is 0. The molecule has 0 bridgehead atoms. The Bertz CT molecular complexity index is 493. The maximum Gasteiger partial charge on any atom is 2.00 e. The molecule has 0 N–H and O–H groups in total. The van der Waals surface area contributed by atoms with Crippen LogP contribution in [0.25, 0.3) is 0 Å². The number of hydrogen-bond donors (Lipinski definition) is 0. The summed E-state index contributed by atoms with van der Waals surface area (Å²) >= 11 is 12.4. The zero-order valence-electron chi connectivity index (χ0n) is 21.8. The Morgan fingerprint density at radius 1 is 0.606 bits per heavy atom. The fourth-order valence-corrected chi connectivity index (χ4v) is 11.9. The Morgan fingerprint density at radius 2 is 0.909 bits per heavy atom. The molecule has 11 heteroatoms. The standard InChI is InChI=1S/2C11H25O2PS2.Cu/c2*1-10(2)8-6-5-7-9-13-14(12,15)16-11(3)4;/h2*10-11H,5-9H2,1-4H3,(H,12,15);/q;;+2/p-2. The first-order valence-electron chi connectivity index (χ1n) is 11.9. The molecule has 0 aromatic heterocycles. The van der Waals surface area contributed by atoms with E-state index in [1.54, 1.807) is 0 Å². The molecule has 0 spiro atoms. The van der Waals surface area contributed by atoms with Crippen molar-refractivity contribution in [2.75, 3.05) is 13.2 Å². The molecule has 0 aliphatic rings. The van der Waals surface area contributed by atoms with E-state index in [0.29, 0.717) is 13.2 Å². The molecule has 2 atom stereocenters. The normalized spacial score (nSPS) is 15.2. The van der Waals surface area contributed by atoms with Gasteiger partial charge >= 0.3 is 17.1 Å². The van der Waals surface area contributed by atoms with Crippen LogP contribution >= 0.6 is 34.2 Å². The molecule has 0 aromatic rings. The third kappa shape index (κ3) is 34.4. The zero-order chi connectivity index (χ0) is 25.2. The molecule has 0 aliphatic carbocycles. The molecular weight excluding hydrogens is 582 g/mol. The molecule has 4 nitrogen and oxygen atoms in total. The van der Waals surface area contributed by atoms with Gasteiger partial charge in [0.2, 0.25) is 0 Å². The van der Waals surface area contributed by atoms with E-state index in [1.807, 2.05) is 27.7 Å². The van der Waals surface area contributed by atoms with E-state index in [-0.39, 0.29) is 27.6 Å². The summed E-state index contributed by atoms with van der Waals surface area (Å²) in [5.41, 5.74) is -5.63. The molecule has 33 heavy (non-hydrogen) atoms. The van der Waals surface area contributed by atoms with Crippen LogP contribution in [0, 0.1) is 11.8 Å². The molecular formula is C22H48CuO4P2S4. The van der Waals surface area contributed by atoms with Crippen molar-refractivity contribution in [2.24, 2.45) is 11.8 Å². The third-order valence-electron chi connectivity index (χ3n) is 4.03. The summed E-state index contributed by atoms with van der Waals surface area (Å²) in [4.78, 5) is 23.4. The van der Waals surface area contributed by atoms with Crippen molar-refractivity contribution in [1.82, 2.24) is 0 Å². The molecule has 2 unspecified atom stereocenters. The van der Waals surface area contributed by atoms with Gasteiger partial charge in [-0.15, -0.1) is 22.8 Å². The largest absolute Gasteiger partial charge is 2.00 e. The second kappa shape index (κ2) is 23.5. The van der Waals surface area contributed by atoms with Gasteiger partial charge in [0, 0.05) is 21.9 Å². The van der Waals surface area contributed by atoms with Crippen LogP contribution in [0.2, 0.25) is 0 Å². The van der Waals surface area contributed by atoms with Gasteiger partial charge in [0.1, 0.15) is 0 Å². The topological polar surface area (TPSA) is 64.6 Å². The molecule has 0 rings (SSSR count). The Balaban J connectivity index is -0.000000529. The molecule has 0 amide bonds. The van der Waals surface area contributed by atoms with Gasteiger partial charge in [-0.1, -0.05) is 118 Å². The minimum atomic E-state index is -2.82. The van der Waals surface area contributed by atoms with Crippen LogP contribution in [0.5, 0.6) is 0 Å². The van der Waals surface area contributed by atoms with Crippen molar-refractivity contribution in [2.45, 2.75) is 117 Å². The van der Waals surface area contributed by atoms with Gasteiger partial charge in [0.05, 0.1) is 13.2 Å². The molecule has 0 fully saturated rings. The van der Waals surface area contributed by atoms with E-state index in [0.717, 1.165) is 37.5 Å². The van der Waals surface area contributed by atoms with Crippen LogP contribution in [0.4, 0.5) is 0 Å².